The van der Waals surface area contributed by atoms with Crippen molar-refractivity contribution in [2.24, 2.45) is 0 Å². The molecule has 0 unspecified atom stereocenters. The van der Waals surface area contributed by atoms with Gasteiger partial charge in [-0.15, -0.1) is 0 Å². The number of carbonyl (C=O) groups is 1. The van der Waals surface area contributed by atoms with Gasteiger partial charge in [-0.05, 0) is 60.5 Å². The SMILES string of the molecule is COC(=O)c1ccc2nc(CN3CC=C(c4cccc(COc5ccc(Cl)cc5Cl)n4)C3)n(C[C@@H]3CCO3)c2c1. The molecule has 1 saturated heterocycles. The van der Waals surface area contributed by atoms with Crippen LogP contribution in [-0.2, 0) is 29.2 Å². The predicted molar refractivity (Wildman–Crippen MR) is 154 cm³/mol. The summed E-state index contributed by atoms with van der Waals surface area (Å²) in [7, 11) is 1.39. The van der Waals surface area contributed by atoms with Crippen molar-refractivity contribution in [3.8, 4) is 5.75 Å². The molecule has 6 rings (SSSR count). The van der Waals surface area contributed by atoms with E-state index in [4.69, 9.17) is 47.4 Å². The van der Waals surface area contributed by atoms with Gasteiger partial charge in [-0.25, -0.2) is 14.8 Å². The van der Waals surface area contributed by atoms with Crippen LogP contribution in [0.1, 0.15) is 34.0 Å². The molecule has 10 heteroatoms. The second-order valence-electron chi connectivity index (χ2n) is 9.89. The molecule has 40 heavy (non-hydrogen) atoms. The topological polar surface area (TPSA) is 78.7 Å². The molecule has 0 aliphatic carbocycles. The summed E-state index contributed by atoms with van der Waals surface area (Å²) in [6, 6.07) is 16.6. The van der Waals surface area contributed by atoms with Crippen LogP contribution in [-0.4, -0.2) is 58.3 Å². The Morgan fingerprint density at radius 3 is 2.77 bits per heavy atom. The molecule has 1 atom stereocenters. The fraction of sp³-hybridized carbons (Fsp3) is 0.300. The van der Waals surface area contributed by atoms with Crippen LogP contribution in [0.25, 0.3) is 16.6 Å². The van der Waals surface area contributed by atoms with Gasteiger partial charge in [-0.1, -0.05) is 35.3 Å². The van der Waals surface area contributed by atoms with Crippen molar-refractivity contribution in [1.29, 1.82) is 0 Å². The maximum atomic E-state index is 12.2. The van der Waals surface area contributed by atoms with Crippen LogP contribution in [0.15, 0.2) is 60.7 Å². The molecule has 2 aromatic carbocycles. The van der Waals surface area contributed by atoms with Crippen molar-refractivity contribution in [2.45, 2.75) is 32.2 Å². The van der Waals surface area contributed by atoms with Gasteiger partial charge < -0.3 is 18.8 Å². The number of ether oxygens (including phenoxy) is 3. The van der Waals surface area contributed by atoms with Crippen LogP contribution < -0.4 is 4.74 Å². The number of carbonyl (C=O) groups excluding carboxylic acids is 1. The van der Waals surface area contributed by atoms with Crippen LogP contribution >= 0.6 is 23.2 Å². The molecule has 4 heterocycles. The molecule has 2 aliphatic heterocycles. The number of aromatic nitrogens is 3. The van der Waals surface area contributed by atoms with Crippen molar-refractivity contribution >= 4 is 45.8 Å². The van der Waals surface area contributed by atoms with Crippen molar-refractivity contribution in [3.63, 3.8) is 0 Å². The summed E-state index contributed by atoms with van der Waals surface area (Å²) >= 11 is 12.2. The average Bonchev–Trinajstić information content (AvgIpc) is 3.54. The number of fused-ring (bicyclic) bond motifs is 1. The molecular formula is C30H28Cl2N4O4. The highest BCUT2D eigenvalue weighted by Crippen LogP contribution is 2.29. The average molecular weight is 579 g/mol. The summed E-state index contributed by atoms with van der Waals surface area (Å²) in [5.41, 5.74) is 5.16. The van der Waals surface area contributed by atoms with Gasteiger partial charge in [0.15, 0.2) is 0 Å². The number of imidazole rings is 1. The highest BCUT2D eigenvalue weighted by atomic mass is 35.5. The number of hydrogen-bond acceptors (Lipinski definition) is 7. The normalized spacial score (nSPS) is 17.1. The summed E-state index contributed by atoms with van der Waals surface area (Å²) in [4.78, 5) is 24.3. The van der Waals surface area contributed by atoms with Crippen LogP contribution in [0.5, 0.6) is 5.75 Å². The molecule has 1 fully saturated rings. The fourth-order valence-corrected chi connectivity index (χ4v) is 5.44. The van der Waals surface area contributed by atoms with Crippen LogP contribution in [0.2, 0.25) is 10.0 Å². The second kappa shape index (κ2) is 11.6. The Morgan fingerprint density at radius 1 is 1.12 bits per heavy atom. The van der Waals surface area contributed by atoms with Gasteiger partial charge in [0, 0.05) is 24.7 Å². The maximum Gasteiger partial charge on any atom is 0.337 e. The Labute approximate surface area is 242 Å². The second-order valence-corrected chi connectivity index (χ2v) is 10.7. The van der Waals surface area contributed by atoms with Gasteiger partial charge in [-0.2, -0.15) is 0 Å². The number of rotatable bonds is 9. The van der Waals surface area contributed by atoms with Gasteiger partial charge in [0.1, 0.15) is 18.2 Å². The molecule has 0 amide bonds. The largest absolute Gasteiger partial charge is 0.486 e. The van der Waals surface area contributed by atoms with Gasteiger partial charge in [-0.3, -0.25) is 4.90 Å². The zero-order valence-corrected chi connectivity index (χ0v) is 23.5. The third-order valence-corrected chi connectivity index (χ3v) is 7.72. The molecule has 8 nitrogen and oxygen atoms in total. The van der Waals surface area contributed by atoms with Crippen LogP contribution in [0.3, 0.4) is 0 Å². The smallest absolute Gasteiger partial charge is 0.337 e. The molecule has 0 saturated carbocycles. The Balaban J connectivity index is 1.16. The van der Waals surface area contributed by atoms with E-state index < -0.39 is 0 Å². The van der Waals surface area contributed by atoms with E-state index >= 15 is 0 Å². The standard InChI is InChI=1S/C30H28Cl2N4O4/c1-38-30(37)19-5-7-26-27(13-19)36(16-23-10-12-39-23)29(34-26)17-35-11-9-20(15-35)25-4-2-3-22(33-25)18-40-28-8-6-21(31)14-24(28)32/h2-9,13-14,23H,10-12,15-18H2,1H3/t23-/m0/s1. The minimum absolute atomic E-state index is 0.155. The molecular weight excluding hydrogens is 551 g/mol. The maximum absolute atomic E-state index is 12.2. The molecule has 4 aromatic rings. The number of hydrogen-bond donors (Lipinski definition) is 0. The number of pyridine rings is 1. The molecule has 0 bridgehead atoms. The van der Waals surface area contributed by atoms with Crippen LogP contribution in [0, 0.1) is 0 Å². The Morgan fingerprint density at radius 2 is 2.00 bits per heavy atom. The number of benzene rings is 2. The summed E-state index contributed by atoms with van der Waals surface area (Å²) in [6.07, 6.45) is 3.38. The first kappa shape index (κ1) is 26.8. The third kappa shape index (κ3) is 5.71. The molecule has 2 aromatic heterocycles. The Bertz CT molecular complexity index is 1600. The highest BCUT2D eigenvalue weighted by Gasteiger charge is 2.25. The quantitative estimate of drug-likeness (QED) is 0.232. The van der Waals surface area contributed by atoms with E-state index in [9.17, 15) is 4.79 Å². The van der Waals surface area contributed by atoms with Gasteiger partial charge in [0.05, 0.1) is 59.3 Å². The van der Waals surface area contributed by atoms with Crippen molar-refractivity contribution in [3.05, 3.63) is 93.5 Å². The number of methoxy groups -OCH3 is 1. The summed E-state index contributed by atoms with van der Waals surface area (Å²) in [6.45, 7) is 3.97. The minimum atomic E-state index is -0.360. The predicted octanol–water partition coefficient (Wildman–Crippen LogP) is 5.79. The Hall–Kier alpha value is -3.43. The lowest BCUT2D eigenvalue weighted by atomic mass is 10.1. The lowest BCUT2D eigenvalue weighted by Gasteiger charge is -2.28. The van der Waals surface area contributed by atoms with E-state index in [0.717, 1.165) is 59.9 Å². The van der Waals surface area contributed by atoms with Crippen molar-refractivity contribution < 1.29 is 19.0 Å². The van der Waals surface area contributed by atoms with E-state index in [1.54, 1.807) is 24.3 Å². The van der Waals surface area contributed by atoms with Gasteiger partial charge in [0.25, 0.3) is 0 Å². The van der Waals surface area contributed by atoms with E-state index in [0.29, 0.717) is 41.1 Å². The summed E-state index contributed by atoms with van der Waals surface area (Å²) in [5, 5.41) is 1.03. The van der Waals surface area contributed by atoms with Gasteiger partial charge in [0.2, 0.25) is 0 Å². The first-order valence-corrected chi connectivity index (χ1v) is 13.9. The molecule has 0 spiro atoms. The zero-order valence-electron chi connectivity index (χ0n) is 22.0. The number of halogens is 2. The minimum Gasteiger partial charge on any atom is -0.486 e. The summed E-state index contributed by atoms with van der Waals surface area (Å²) in [5.74, 6) is 1.15. The number of nitrogens with zero attached hydrogens (tertiary/aromatic N) is 4. The highest BCUT2D eigenvalue weighted by molar-refractivity contribution is 6.35. The van der Waals surface area contributed by atoms with E-state index in [-0.39, 0.29) is 12.1 Å². The van der Waals surface area contributed by atoms with Crippen molar-refractivity contribution in [2.75, 3.05) is 26.8 Å². The van der Waals surface area contributed by atoms with E-state index in [2.05, 4.69) is 15.5 Å². The molecule has 2 aliphatic rings. The zero-order chi connectivity index (χ0) is 27.6. The summed E-state index contributed by atoms with van der Waals surface area (Å²) < 4.78 is 18.7. The lowest BCUT2D eigenvalue weighted by Crippen LogP contribution is -2.32. The molecule has 0 N–H and O–H groups in total. The lowest BCUT2D eigenvalue weighted by molar-refractivity contribution is -0.0591. The molecule has 206 valence electrons. The van der Waals surface area contributed by atoms with Crippen LogP contribution in [0.4, 0.5) is 0 Å². The Kier molecular flexibility index (Phi) is 7.76. The first-order chi connectivity index (χ1) is 19.5. The molecule has 0 radical (unpaired) electrons. The van der Waals surface area contributed by atoms with E-state index in [1.165, 1.54) is 7.11 Å². The third-order valence-electron chi connectivity index (χ3n) is 7.19. The first-order valence-electron chi connectivity index (χ1n) is 13.1. The van der Waals surface area contributed by atoms with E-state index in [1.807, 2.05) is 30.3 Å². The fourth-order valence-electron chi connectivity index (χ4n) is 4.97. The monoisotopic (exact) mass is 578 g/mol. The number of esters is 1. The van der Waals surface area contributed by atoms with Gasteiger partial charge >= 0.3 is 5.97 Å². The van der Waals surface area contributed by atoms with Crippen molar-refractivity contribution in [1.82, 2.24) is 19.4 Å².